The van der Waals surface area contributed by atoms with Gasteiger partial charge in [-0.1, -0.05) is 0 Å². The smallest absolute Gasteiger partial charge is 0.816 e. The first-order chi connectivity index (χ1) is 1.73. The molecule has 0 unspecified atom stereocenters. The maximum atomic E-state index is 9.95. The van der Waals surface area contributed by atoms with Gasteiger partial charge in [0.25, 0.3) is 0 Å². The topological polar surface area (TPSA) is 46.1 Å². The molecule has 2 nitrogen and oxygen atoms in total. The quantitative estimate of drug-likeness (QED) is 0.261. The molecule has 0 aliphatic rings. The molecule has 0 saturated heterocycles. The van der Waals surface area contributed by atoms with Crippen LogP contribution in [0.1, 0.15) is 0 Å². The van der Waals surface area contributed by atoms with Gasteiger partial charge in [0.2, 0.25) is 0 Å². The summed E-state index contributed by atoms with van der Waals surface area (Å²) in [5.74, 6) is 0. The van der Waals surface area contributed by atoms with E-state index in [0.717, 1.165) is 0 Å². The van der Waals surface area contributed by atoms with E-state index in [9.17, 15) is 4.20 Å². The normalized spacial score (nSPS) is 6.00. The van der Waals surface area contributed by atoms with Crippen LogP contribution in [-0.2, 0) is 0 Å². The molecule has 0 aliphatic heterocycles. The van der Waals surface area contributed by atoms with Crippen molar-refractivity contribution in [3.05, 3.63) is 0 Å². The van der Waals surface area contributed by atoms with Crippen LogP contribution in [0.25, 0.3) is 0 Å². The summed E-state index contributed by atoms with van der Waals surface area (Å²) in [5.41, 5.74) is 0. The Hall–Kier alpha value is 3.55. The summed E-state index contributed by atoms with van der Waals surface area (Å²) in [6.45, 7) is 0. The maximum Gasteiger partial charge on any atom is 1.00 e. The molecule has 6 heteroatoms. The molecule has 0 heterocycles. The summed E-state index contributed by atoms with van der Waals surface area (Å²) < 4.78 is 9.95. The molecular weight excluding hydrogens is 160 g/mol. The van der Waals surface area contributed by atoms with Crippen molar-refractivity contribution in [2.45, 2.75) is 0 Å². The molecule has 0 bridgehead atoms. The van der Waals surface area contributed by atoms with Crippen molar-refractivity contribution in [2.75, 3.05) is 0 Å². The summed E-state index contributed by atoms with van der Waals surface area (Å²) in [4.78, 5) is 16.7. The first-order valence-corrected chi connectivity index (χ1v) is 1.60. The molecule has 0 rings (SSSR count). The third kappa shape index (κ3) is 25.7. The Balaban J connectivity index is -0.0000000450. The van der Waals surface area contributed by atoms with Crippen LogP contribution in [-0.4, -0.2) is 0 Å². The van der Waals surface area contributed by atoms with Gasteiger partial charge in [0.1, 0.15) is 0 Å². The minimum Gasteiger partial charge on any atom is -0.816 e. The van der Waals surface area contributed by atoms with E-state index in [1.54, 1.807) is 0 Å². The largest absolute Gasteiger partial charge is 1.00 e. The number of hydrogen-bond acceptors (Lipinski definition) is 2. The molecule has 0 amide bonds. The van der Waals surface area contributed by atoms with Gasteiger partial charge in [-0.25, -0.2) is 0 Å². The summed E-state index contributed by atoms with van der Waals surface area (Å²) >= 11 is 0. The van der Waals surface area contributed by atoms with Crippen LogP contribution in [0.4, 0.5) is 4.20 Å². The molecule has 0 aromatic rings. The van der Waals surface area contributed by atoms with E-state index in [-0.39, 0.29) is 103 Å². The summed E-state index contributed by atoms with van der Waals surface area (Å²) in [6, 6.07) is 0. The van der Waals surface area contributed by atoms with E-state index in [1.165, 1.54) is 0 Å². The van der Waals surface area contributed by atoms with Gasteiger partial charge in [0.05, 0.1) is 0 Å². The molecule has 0 aromatic heterocycles. The molecule has 0 aromatic carbocycles. The Kier molecular flexibility index (Phi) is 30.8. The fourth-order valence-electron chi connectivity index (χ4n) is 0. The molecule has 0 radical (unpaired) electrons. The van der Waals surface area contributed by atoms with Crippen LogP contribution in [0.3, 0.4) is 0 Å². The molecule has 26 valence electrons. The molecule has 0 fully saturated rings. The van der Waals surface area contributed by atoms with Crippen molar-refractivity contribution in [1.82, 2.24) is 0 Å². The third-order valence-corrected chi connectivity index (χ3v) is 0. The number of halogens is 1. The fourth-order valence-corrected chi connectivity index (χ4v) is 0. The number of hydrogen-bond donors (Lipinski definition) is 0. The zero-order valence-corrected chi connectivity index (χ0v) is 10.8. The predicted octanol–water partition coefficient (Wildman–Crippen LogP) is -7.09. The van der Waals surface area contributed by atoms with E-state index >= 15 is 0 Å². The van der Waals surface area contributed by atoms with Crippen molar-refractivity contribution in [2.24, 2.45) is 0 Å². The molecule has 0 saturated carbocycles. The van der Waals surface area contributed by atoms with Crippen LogP contribution >= 0.6 is 8.69 Å². The second kappa shape index (κ2) is 11.4. The van der Waals surface area contributed by atoms with Crippen LogP contribution in [0.15, 0.2) is 0 Å². The van der Waals surface area contributed by atoms with Crippen molar-refractivity contribution in [3.8, 4) is 0 Å². The van der Waals surface area contributed by atoms with Gasteiger partial charge in [-0.2, -0.15) is 0 Å². The fraction of sp³-hybridized carbons (Fsp3) is 0. The van der Waals surface area contributed by atoms with Gasteiger partial charge in [0, 0.05) is 0 Å². The van der Waals surface area contributed by atoms with E-state index in [4.69, 9.17) is 9.79 Å². The Labute approximate surface area is 122 Å². The maximum absolute atomic E-state index is 9.95. The third-order valence-electron chi connectivity index (χ3n) is 0. The van der Waals surface area contributed by atoms with Crippen molar-refractivity contribution >= 4 is 8.69 Å². The van der Waals surface area contributed by atoms with Crippen molar-refractivity contribution < 1.29 is 117 Å². The summed E-state index contributed by atoms with van der Waals surface area (Å²) in [5, 5.41) is 0. The first kappa shape index (κ1) is 16.3. The SMILES string of the molecule is [K+].[K+].[O-]P([O-])F. The molecule has 0 atom stereocenters. The van der Waals surface area contributed by atoms with Crippen molar-refractivity contribution in [3.63, 3.8) is 0 Å². The zero-order chi connectivity index (χ0) is 3.58. The molecule has 0 N–H and O–H groups in total. The average Bonchev–Trinajstić information content (AvgIpc) is 0.811. The monoisotopic (exact) mass is 160 g/mol. The summed E-state index contributed by atoms with van der Waals surface area (Å²) in [7, 11) is -3.62. The number of rotatable bonds is 0. The van der Waals surface area contributed by atoms with Crippen LogP contribution in [0.2, 0.25) is 0 Å². The van der Waals surface area contributed by atoms with E-state index < -0.39 is 8.69 Å². The zero-order valence-electron chi connectivity index (χ0n) is 3.64. The Bertz CT molecular complexity index is 16.3. The Morgan fingerprint density at radius 2 is 1.17 bits per heavy atom. The molecule has 0 spiro atoms. The van der Waals surface area contributed by atoms with Gasteiger partial charge < -0.3 is 9.79 Å². The first-order valence-electron chi connectivity index (χ1n) is 0.534. The van der Waals surface area contributed by atoms with Gasteiger partial charge in [-0.3, -0.25) is 4.20 Å². The van der Waals surface area contributed by atoms with E-state index in [1.807, 2.05) is 0 Å². The Morgan fingerprint density at radius 3 is 1.17 bits per heavy atom. The van der Waals surface area contributed by atoms with Crippen molar-refractivity contribution in [1.29, 1.82) is 0 Å². The van der Waals surface area contributed by atoms with Crippen LogP contribution < -0.4 is 113 Å². The predicted molar refractivity (Wildman–Crippen MR) is 8.03 cm³/mol. The summed E-state index contributed by atoms with van der Waals surface area (Å²) in [6.07, 6.45) is 0. The van der Waals surface area contributed by atoms with Crippen LogP contribution in [0, 0.1) is 0 Å². The standard InChI is InChI=1S/FO2P.2K/c1-4(2)3;;/q-2;2*+1. The van der Waals surface area contributed by atoms with E-state index in [0.29, 0.717) is 0 Å². The molecular formula is FK2O2P. The molecule has 6 heavy (non-hydrogen) atoms. The van der Waals surface area contributed by atoms with Crippen LogP contribution in [0.5, 0.6) is 0 Å². The van der Waals surface area contributed by atoms with Gasteiger partial charge >= 0.3 is 103 Å². The molecule has 0 aliphatic carbocycles. The average molecular weight is 160 g/mol. The minimum atomic E-state index is -3.62. The van der Waals surface area contributed by atoms with E-state index in [2.05, 4.69) is 0 Å². The van der Waals surface area contributed by atoms with Gasteiger partial charge in [0.15, 0.2) is 0 Å². The van der Waals surface area contributed by atoms with Gasteiger partial charge in [-0.05, 0) is 0 Å². The Morgan fingerprint density at radius 1 is 1.17 bits per heavy atom. The minimum absolute atomic E-state index is 0. The van der Waals surface area contributed by atoms with Gasteiger partial charge in [-0.15, -0.1) is 8.69 Å². The second-order valence-electron chi connectivity index (χ2n) is 0.213. The second-order valence-corrected chi connectivity index (χ2v) is 0.638.